The van der Waals surface area contributed by atoms with Crippen LogP contribution >= 0.6 is 31.8 Å². The van der Waals surface area contributed by atoms with Gasteiger partial charge < -0.3 is 0 Å². The van der Waals surface area contributed by atoms with E-state index in [1.807, 2.05) is 0 Å². The fourth-order valence-corrected chi connectivity index (χ4v) is 16.6. The predicted octanol–water partition coefficient (Wildman–Crippen LogP) is 3.49. The second-order valence-corrected chi connectivity index (χ2v) is 21.7. The van der Waals surface area contributed by atoms with E-state index >= 15 is 0 Å². The number of halogens is 2. The van der Waals surface area contributed by atoms with Gasteiger partial charge in [-0.2, -0.15) is 0 Å². The Balaban J connectivity index is 0.000000133. The summed E-state index contributed by atoms with van der Waals surface area (Å²) in [4.78, 5) is 0. The predicted molar refractivity (Wildman–Crippen MR) is 140 cm³/mol. The molecule has 0 aromatic carbocycles. The van der Waals surface area contributed by atoms with Crippen LogP contribution in [0.15, 0.2) is 0 Å². The van der Waals surface area contributed by atoms with Crippen LogP contribution in [0.2, 0.25) is 0 Å². The van der Waals surface area contributed by atoms with Gasteiger partial charge >= 0.3 is 48.3 Å². The van der Waals surface area contributed by atoms with Gasteiger partial charge in [-0.25, -0.2) is 28.0 Å². The Kier molecular flexibility index (Phi) is 8.22. The summed E-state index contributed by atoms with van der Waals surface area (Å²) >= 11 is 9.64. The van der Waals surface area contributed by atoms with E-state index in [1.54, 1.807) is 0 Å². The molecular formula is C18H38Cl2N6P2PtS2+2. The number of rotatable bonds is 6. The third-order valence-electron chi connectivity index (χ3n) is 7.03. The Morgan fingerprint density at radius 3 is 0.677 bits per heavy atom. The molecule has 6 fully saturated rings. The van der Waals surface area contributed by atoms with Crippen LogP contribution in [0.5, 0.6) is 0 Å². The van der Waals surface area contributed by atoms with E-state index < -0.39 is 29.5 Å². The summed E-state index contributed by atoms with van der Waals surface area (Å²) in [6.07, 6.45) is 0. The van der Waals surface area contributed by atoms with Crippen LogP contribution < -0.4 is 0 Å². The Morgan fingerprint density at radius 2 is 0.613 bits per heavy atom. The molecule has 184 valence electrons. The summed E-state index contributed by atoms with van der Waals surface area (Å²) in [5.41, 5.74) is 0. The Morgan fingerprint density at radius 1 is 0.516 bits per heavy atom. The first-order chi connectivity index (χ1) is 14.5. The van der Waals surface area contributed by atoms with E-state index in [2.05, 4.69) is 69.6 Å². The van der Waals surface area contributed by atoms with Crippen LogP contribution in [0.4, 0.5) is 0 Å². The first-order valence-electron chi connectivity index (χ1n) is 11.2. The van der Waals surface area contributed by atoms with Gasteiger partial charge in [0.25, 0.3) is 0 Å². The zero-order chi connectivity index (χ0) is 22.9. The topological polar surface area (TPSA) is 18.1 Å². The van der Waals surface area contributed by atoms with Gasteiger partial charge in [0.1, 0.15) is 0 Å². The number of hydrogen-bond donors (Lipinski definition) is 0. The molecule has 6 aliphatic rings. The quantitative estimate of drug-likeness (QED) is 0.179. The van der Waals surface area contributed by atoms with Crippen molar-refractivity contribution in [3.8, 4) is 0 Å². The molecule has 6 heterocycles. The molecule has 0 bridgehead atoms. The summed E-state index contributed by atoms with van der Waals surface area (Å²) in [5, 5.41) is 0. The van der Waals surface area contributed by atoms with Gasteiger partial charge in [-0.3, -0.25) is 0 Å². The molecule has 0 aliphatic carbocycles. The van der Waals surface area contributed by atoms with Crippen molar-refractivity contribution < 1.29 is 16.5 Å². The molecular weight excluding hydrogens is 692 g/mol. The first kappa shape index (κ1) is 26.4. The van der Waals surface area contributed by atoms with Crippen molar-refractivity contribution in [1.29, 1.82) is 0 Å². The summed E-state index contributed by atoms with van der Waals surface area (Å²) in [7, 11) is 9.75. The molecule has 0 saturated carbocycles. The number of hydrogen-bond acceptors (Lipinski definition) is 0. The molecule has 6 aliphatic heterocycles. The third kappa shape index (κ3) is 5.38. The molecule has 31 heavy (non-hydrogen) atoms. The van der Waals surface area contributed by atoms with Crippen molar-refractivity contribution in [2.24, 2.45) is 0 Å². The molecule has 12 atom stereocenters. The van der Waals surface area contributed by atoms with Crippen LogP contribution in [0.1, 0.15) is 41.5 Å². The van der Waals surface area contributed by atoms with E-state index in [1.165, 1.54) is 39.3 Å². The third-order valence-corrected chi connectivity index (χ3v) is 18.6. The van der Waals surface area contributed by atoms with Gasteiger partial charge in [-0.05, 0) is 41.5 Å². The molecule has 12 unspecified atom stereocenters. The number of thiol groups is 2. The van der Waals surface area contributed by atoms with Crippen LogP contribution in [-0.2, 0) is 40.1 Å². The van der Waals surface area contributed by atoms with E-state index in [9.17, 15) is 0 Å². The molecule has 0 aromatic rings. The molecule has 0 aromatic heterocycles. The minimum absolute atomic E-state index is 0.472. The van der Waals surface area contributed by atoms with Crippen LogP contribution in [0.3, 0.4) is 0 Å². The van der Waals surface area contributed by atoms with E-state index in [-0.39, 0.29) is 0 Å². The van der Waals surface area contributed by atoms with Crippen molar-refractivity contribution in [1.82, 2.24) is 28.0 Å². The van der Waals surface area contributed by atoms with E-state index in [0.29, 0.717) is 0 Å². The fraction of sp³-hybridized carbons (Fsp3) is 1.00. The van der Waals surface area contributed by atoms with Gasteiger partial charge in [-0.15, -0.1) is 0 Å². The maximum absolute atomic E-state index is 5.06. The minimum atomic E-state index is -1.33. The molecule has 6 rings (SSSR count). The van der Waals surface area contributed by atoms with Crippen molar-refractivity contribution in [3.63, 3.8) is 0 Å². The van der Waals surface area contributed by atoms with E-state index in [4.69, 9.17) is 42.4 Å². The molecule has 0 radical (unpaired) electrons. The van der Waals surface area contributed by atoms with Crippen molar-refractivity contribution in [2.45, 2.75) is 77.8 Å². The Bertz CT molecular complexity index is 641. The normalized spacial score (nSPS) is 54.1. The van der Waals surface area contributed by atoms with Gasteiger partial charge in [-0.1, -0.05) is 0 Å². The molecule has 0 amide bonds. The van der Waals surface area contributed by atoms with Crippen molar-refractivity contribution in [2.75, 3.05) is 39.3 Å². The van der Waals surface area contributed by atoms with Gasteiger partial charge in [0, 0.05) is 75.5 Å². The summed E-state index contributed by atoms with van der Waals surface area (Å²) < 4.78 is 15.6. The molecule has 0 spiro atoms. The SMILES string of the molecule is CC1CN1P(=[SH+])(N1CC1C)N1CC1C.CC1CN1P(=[SH+])(N1CC1C)N1CC1C.[Cl][Pt][Cl]. The van der Waals surface area contributed by atoms with Crippen LogP contribution in [0.25, 0.3) is 0 Å². The zero-order valence-corrected chi connectivity index (χ0v) is 26.6. The van der Waals surface area contributed by atoms with Crippen LogP contribution in [-0.4, -0.2) is 104 Å². The van der Waals surface area contributed by atoms with Crippen LogP contribution in [0, 0.1) is 0 Å². The average Bonchev–Trinajstić information content (AvgIpc) is 3.50. The molecule has 13 heteroatoms. The zero-order valence-electron chi connectivity index (χ0n) is 19.3. The summed E-state index contributed by atoms with van der Waals surface area (Å²) in [6, 6.07) is 4.59. The fourth-order valence-electron chi connectivity index (χ4n) is 4.47. The molecule has 6 saturated heterocycles. The number of nitrogens with zero attached hydrogens (tertiary/aromatic N) is 6. The second kappa shape index (κ2) is 9.65. The first-order valence-corrected chi connectivity index (χ1v) is 22.4. The average molecular weight is 731 g/mol. The van der Waals surface area contributed by atoms with Crippen molar-refractivity contribution in [3.05, 3.63) is 0 Å². The van der Waals surface area contributed by atoms with Gasteiger partial charge in [0.15, 0.2) is 23.6 Å². The summed E-state index contributed by atoms with van der Waals surface area (Å²) in [5.74, 6) is 0. The second-order valence-electron chi connectivity index (χ2n) is 9.94. The molecule has 0 N–H and O–H groups in total. The Labute approximate surface area is 215 Å². The van der Waals surface area contributed by atoms with Gasteiger partial charge in [0.2, 0.25) is 0 Å². The van der Waals surface area contributed by atoms with Gasteiger partial charge in [0.05, 0.1) is 0 Å². The summed E-state index contributed by atoms with van der Waals surface area (Å²) in [6.45, 7) is 18.7. The maximum atomic E-state index is 5.06. The van der Waals surface area contributed by atoms with E-state index in [0.717, 1.165) is 36.3 Å². The van der Waals surface area contributed by atoms with Crippen molar-refractivity contribution >= 4 is 55.4 Å². The molecule has 6 nitrogen and oxygen atoms in total. The standard InChI is InChI=1S/2C9H18N3PS.2ClH.Pt/c2*1-7-4-10(7)13(14,11-5-8(11)2)12-6-9(12)3;;;/h2*7-9H,4-6H2,1-3H3;2*1H;/q;;;;+2. The Hall–Kier alpha value is 2.33. The monoisotopic (exact) mass is 729 g/mol.